The van der Waals surface area contributed by atoms with Gasteiger partial charge in [-0.25, -0.2) is 4.79 Å². The Hall–Kier alpha value is -0.770. The van der Waals surface area contributed by atoms with Crippen molar-refractivity contribution < 1.29 is 9.53 Å². The van der Waals surface area contributed by atoms with Gasteiger partial charge in [0, 0.05) is 12.1 Å². The second kappa shape index (κ2) is 3.37. The lowest BCUT2D eigenvalue weighted by atomic mass is 9.93. The smallest absolute Gasteiger partial charge is 0.411 e. The summed E-state index contributed by atoms with van der Waals surface area (Å²) in [5.41, 5.74) is -0.402. The van der Waals surface area contributed by atoms with Crippen LogP contribution in [0, 0.1) is 0 Å². The third kappa shape index (κ3) is 1.95. The maximum atomic E-state index is 11.8. The Morgan fingerprint density at radius 1 is 1.47 bits per heavy atom. The zero-order valence-corrected chi connectivity index (χ0v) is 9.80. The summed E-state index contributed by atoms with van der Waals surface area (Å²) in [5, 5.41) is 3.31. The Balaban J connectivity index is 2.12. The fourth-order valence-corrected chi connectivity index (χ4v) is 2.30. The summed E-state index contributed by atoms with van der Waals surface area (Å²) in [6.07, 6.45) is 1.91. The molecule has 1 spiro atoms. The highest BCUT2D eigenvalue weighted by Crippen LogP contribution is 2.32. The van der Waals surface area contributed by atoms with Crippen molar-refractivity contribution in [3.05, 3.63) is 0 Å². The number of hydrogen-bond donors (Lipinski definition) is 1. The van der Waals surface area contributed by atoms with E-state index in [-0.39, 0.29) is 17.2 Å². The minimum absolute atomic E-state index is 0.141. The molecule has 1 N–H and O–H groups in total. The van der Waals surface area contributed by atoms with Crippen molar-refractivity contribution in [2.24, 2.45) is 0 Å². The lowest BCUT2D eigenvalue weighted by Gasteiger charge is -2.33. The molecule has 0 aromatic rings. The van der Waals surface area contributed by atoms with Gasteiger partial charge in [-0.15, -0.1) is 0 Å². The molecule has 0 bridgehead atoms. The van der Waals surface area contributed by atoms with Crippen LogP contribution in [-0.4, -0.2) is 41.8 Å². The normalized spacial score (nSPS) is 32.2. The summed E-state index contributed by atoms with van der Waals surface area (Å²) in [4.78, 5) is 13.6. The second-order valence-electron chi connectivity index (χ2n) is 5.59. The number of carbonyl (C=O) groups is 1. The van der Waals surface area contributed by atoms with Gasteiger partial charge in [-0.05, 0) is 40.2 Å². The molecule has 4 heteroatoms. The summed E-state index contributed by atoms with van der Waals surface area (Å²) < 4.78 is 5.55. The molecule has 4 nitrogen and oxygen atoms in total. The predicted molar refractivity (Wildman–Crippen MR) is 57.8 cm³/mol. The van der Waals surface area contributed by atoms with Gasteiger partial charge in [-0.2, -0.15) is 0 Å². The van der Waals surface area contributed by atoms with Gasteiger partial charge in [0.2, 0.25) is 0 Å². The molecule has 86 valence electrons. The quantitative estimate of drug-likeness (QED) is 0.659. The summed E-state index contributed by atoms with van der Waals surface area (Å²) >= 11 is 0. The van der Waals surface area contributed by atoms with Gasteiger partial charge in [-0.1, -0.05) is 0 Å². The van der Waals surface area contributed by atoms with Crippen molar-refractivity contribution in [2.45, 2.75) is 44.8 Å². The van der Waals surface area contributed by atoms with E-state index in [1.54, 1.807) is 0 Å². The maximum absolute atomic E-state index is 11.8. The van der Waals surface area contributed by atoms with Crippen molar-refractivity contribution in [3.8, 4) is 0 Å². The van der Waals surface area contributed by atoms with Crippen LogP contribution in [0.25, 0.3) is 0 Å². The van der Waals surface area contributed by atoms with Crippen LogP contribution in [0.15, 0.2) is 0 Å². The van der Waals surface area contributed by atoms with Crippen LogP contribution in [0.2, 0.25) is 0 Å². The first kappa shape index (κ1) is 10.7. The van der Waals surface area contributed by atoms with Crippen molar-refractivity contribution in [1.29, 1.82) is 0 Å². The molecular formula is C11H20N2O2. The number of piperidine rings is 1. The van der Waals surface area contributed by atoms with Crippen molar-refractivity contribution in [2.75, 3.05) is 19.6 Å². The molecule has 2 saturated heterocycles. The van der Waals surface area contributed by atoms with E-state index in [0.717, 1.165) is 32.5 Å². The van der Waals surface area contributed by atoms with Gasteiger partial charge >= 0.3 is 6.09 Å². The number of ether oxygens (including phenoxy) is 1. The third-order valence-corrected chi connectivity index (χ3v) is 3.21. The Labute approximate surface area is 91.0 Å². The van der Waals surface area contributed by atoms with Crippen LogP contribution in [0.5, 0.6) is 0 Å². The number of carbonyl (C=O) groups excluding carboxylic acids is 1. The van der Waals surface area contributed by atoms with Gasteiger partial charge in [0.05, 0.1) is 6.54 Å². The lowest BCUT2D eigenvalue weighted by molar-refractivity contribution is 0.0366. The largest absolute Gasteiger partial charge is 0.440 e. The predicted octanol–water partition coefficient (Wildman–Crippen LogP) is 1.36. The number of nitrogens with zero attached hydrogens (tertiary/aromatic N) is 1. The van der Waals surface area contributed by atoms with E-state index < -0.39 is 0 Å². The number of nitrogens with one attached hydrogen (secondary N) is 1. The van der Waals surface area contributed by atoms with Crippen LogP contribution in [0.1, 0.15) is 33.6 Å². The fourth-order valence-electron chi connectivity index (χ4n) is 2.30. The standard InChI is InChI=1S/C11H20N2O2/c1-10(2,3)13-8-11(15-9(13)14)5-4-6-12-7-11/h12H,4-8H2,1-3H3/t11-/m0/s1. The first-order chi connectivity index (χ1) is 6.93. The van der Waals surface area contributed by atoms with Crippen LogP contribution < -0.4 is 5.32 Å². The van der Waals surface area contributed by atoms with Gasteiger partial charge in [-0.3, -0.25) is 4.90 Å². The molecule has 2 fully saturated rings. The van der Waals surface area contributed by atoms with E-state index >= 15 is 0 Å². The summed E-state index contributed by atoms with van der Waals surface area (Å²) in [5.74, 6) is 0. The minimum atomic E-state index is -0.261. The summed E-state index contributed by atoms with van der Waals surface area (Å²) in [7, 11) is 0. The summed E-state index contributed by atoms with van der Waals surface area (Å²) in [6.45, 7) is 8.69. The van der Waals surface area contributed by atoms with Crippen molar-refractivity contribution in [1.82, 2.24) is 10.2 Å². The first-order valence-corrected chi connectivity index (χ1v) is 5.64. The van der Waals surface area contributed by atoms with Crippen LogP contribution in [-0.2, 0) is 4.74 Å². The first-order valence-electron chi connectivity index (χ1n) is 5.64. The van der Waals surface area contributed by atoms with Gasteiger partial charge in [0.1, 0.15) is 5.60 Å². The number of hydrogen-bond acceptors (Lipinski definition) is 3. The Morgan fingerprint density at radius 3 is 2.67 bits per heavy atom. The Bertz CT molecular complexity index is 264. The van der Waals surface area contributed by atoms with Crippen LogP contribution in [0.4, 0.5) is 4.79 Å². The Kier molecular flexibility index (Phi) is 2.41. The molecule has 0 unspecified atom stereocenters. The fraction of sp³-hybridized carbons (Fsp3) is 0.909. The molecule has 1 atom stereocenters. The minimum Gasteiger partial charge on any atom is -0.440 e. The van der Waals surface area contributed by atoms with E-state index in [1.807, 2.05) is 25.7 Å². The van der Waals surface area contributed by atoms with E-state index in [4.69, 9.17) is 4.74 Å². The second-order valence-corrected chi connectivity index (χ2v) is 5.59. The number of amides is 1. The van der Waals surface area contributed by atoms with Gasteiger partial charge in [0.15, 0.2) is 0 Å². The van der Waals surface area contributed by atoms with E-state index in [2.05, 4.69) is 5.32 Å². The topological polar surface area (TPSA) is 41.6 Å². The highest BCUT2D eigenvalue weighted by molar-refractivity contribution is 5.71. The van der Waals surface area contributed by atoms with Crippen LogP contribution >= 0.6 is 0 Å². The lowest BCUT2D eigenvalue weighted by Crippen LogP contribution is -2.50. The molecule has 2 aliphatic heterocycles. The molecular weight excluding hydrogens is 192 g/mol. The molecule has 0 saturated carbocycles. The Morgan fingerprint density at radius 2 is 2.20 bits per heavy atom. The molecule has 2 heterocycles. The molecule has 2 aliphatic rings. The molecule has 0 aliphatic carbocycles. The average molecular weight is 212 g/mol. The monoisotopic (exact) mass is 212 g/mol. The molecule has 0 radical (unpaired) electrons. The molecule has 1 amide bonds. The molecule has 0 aromatic heterocycles. The van der Waals surface area contributed by atoms with Crippen molar-refractivity contribution in [3.63, 3.8) is 0 Å². The third-order valence-electron chi connectivity index (χ3n) is 3.21. The van der Waals surface area contributed by atoms with E-state index in [9.17, 15) is 4.79 Å². The molecule has 0 aromatic carbocycles. The van der Waals surface area contributed by atoms with Gasteiger partial charge < -0.3 is 10.1 Å². The zero-order valence-electron chi connectivity index (χ0n) is 9.80. The van der Waals surface area contributed by atoms with E-state index in [1.165, 1.54) is 0 Å². The van der Waals surface area contributed by atoms with E-state index in [0.29, 0.717) is 0 Å². The molecule has 2 rings (SSSR count). The molecule has 15 heavy (non-hydrogen) atoms. The highest BCUT2D eigenvalue weighted by Gasteiger charge is 2.48. The average Bonchev–Trinajstić information content (AvgIpc) is 2.44. The van der Waals surface area contributed by atoms with Gasteiger partial charge in [0.25, 0.3) is 0 Å². The maximum Gasteiger partial charge on any atom is 0.411 e. The summed E-state index contributed by atoms with van der Waals surface area (Å²) in [6, 6.07) is 0. The van der Waals surface area contributed by atoms with Crippen molar-refractivity contribution >= 4 is 6.09 Å². The van der Waals surface area contributed by atoms with Crippen LogP contribution in [0.3, 0.4) is 0 Å². The highest BCUT2D eigenvalue weighted by atomic mass is 16.6. The number of rotatable bonds is 0. The SMILES string of the molecule is CC(C)(C)N1C[C@@]2(CCCNC2)OC1=O. The zero-order chi connectivity index (χ0) is 11.1.